The summed E-state index contributed by atoms with van der Waals surface area (Å²) in [6, 6.07) is 7.75. The standard InChI is InChI=1S/C19H28FN3O/c1-14(24)22-18-6-4-17(5-7-18)21-12-15-10-11-23(13-15)19-8-2-16(20)3-9-19/h2-3,8-9,15,17-18,21H,4-7,10-13H2,1H3,(H,22,24). The largest absolute Gasteiger partial charge is 0.371 e. The van der Waals surface area contributed by atoms with Gasteiger partial charge in [-0.05, 0) is 68.8 Å². The molecule has 0 bridgehead atoms. The molecule has 0 aromatic heterocycles. The van der Waals surface area contributed by atoms with Crippen molar-refractivity contribution in [1.82, 2.24) is 10.6 Å². The molecule has 2 N–H and O–H groups in total. The molecule has 3 rings (SSSR count). The zero-order chi connectivity index (χ0) is 16.9. The zero-order valence-electron chi connectivity index (χ0n) is 14.4. The maximum absolute atomic E-state index is 13.0. The van der Waals surface area contributed by atoms with Gasteiger partial charge in [-0.2, -0.15) is 0 Å². The second kappa shape index (κ2) is 7.97. The maximum Gasteiger partial charge on any atom is 0.217 e. The molecule has 24 heavy (non-hydrogen) atoms. The van der Waals surface area contributed by atoms with E-state index in [4.69, 9.17) is 0 Å². The van der Waals surface area contributed by atoms with Gasteiger partial charge in [0.05, 0.1) is 0 Å². The van der Waals surface area contributed by atoms with Crippen molar-refractivity contribution >= 4 is 11.6 Å². The van der Waals surface area contributed by atoms with Crippen molar-refractivity contribution in [3.63, 3.8) is 0 Å². The number of amides is 1. The summed E-state index contributed by atoms with van der Waals surface area (Å²) in [7, 11) is 0. The highest BCUT2D eigenvalue weighted by atomic mass is 19.1. The molecular formula is C19H28FN3O. The van der Waals surface area contributed by atoms with E-state index in [-0.39, 0.29) is 11.7 Å². The minimum Gasteiger partial charge on any atom is -0.371 e. The van der Waals surface area contributed by atoms with E-state index in [9.17, 15) is 9.18 Å². The number of halogens is 1. The lowest BCUT2D eigenvalue weighted by molar-refractivity contribution is -0.119. The quantitative estimate of drug-likeness (QED) is 0.871. The van der Waals surface area contributed by atoms with Crippen molar-refractivity contribution in [2.75, 3.05) is 24.5 Å². The van der Waals surface area contributed by atoms with Gasteiger partial charge in [0.1, 0.15) is 5.82 Å². The first-order valence-corrected chi connectivity index (χ1v) is 9.11. The van der Waals surface area contributed by atoms with E-state index in [1.807, 2.05) is 12.1 Å². The van der Waals surface area contributed by atoms with Crippen molar-refractivity contribution in [2.24, 2.45) is 5.92 Å². The average Bonchev–Trinajstić information content (AvgIpc) is 3.03. The molecule has 1 heterocycles. The first-order chi connectivity index (χ1) is 11.6. The van der Waals surface area contributed by atoms with Crippen LogP contribution in [-0.4, -0.2) is 37.6 Å². The van der Waals surface area contributed by atoms with Gasteiger partial charge in [-0.3, -0.25) is 4.79 Å². The summed E-state index contributed by atoms with van der Waals surface area (Å²) in [4.78, 5) is 13.5. The van der Waals surface area contributed by atoms with Crippen molar-refractivity contribution in [3.8, 4) is 0 Å². The molecule has 0 radical (unpaired) electrons. The van der Waals surface area contributed by atoms with E-state index in [2.05, 4.69) is 15.5 Å². The number of nitrogens with zero attached hydrogens (tertiary/aromatic N) is 1. The van der Waals surface area contributed by atoms with Crippen LogP contribution >= 0.6 is 0 Å². The molecule has 1 amide bonds. The maximum atomic E-state index is 13.0. The SMILES string of the molecule is CC(=O)NC1CCC(NCC2CCN(c3ccc(F)cc3)C2)CC1. The van der Waals surface area contributed by atoms with Gasteiger partial charge < -0.3 is 15.5 Å². The summed E-state index contributed by atoms with van der Waals surface area (Å²) < 4.78 is 13.0. The molecule has 4 nitrogen and oxygen atoms in total. The smallest absolute Gasteiger partial charge is 0.217 e. The molecule has 1 aliphatic heterocycles. The Kier molecular flexibility index (Phi) is 5.72. The third-order valence-corrected chi connectivity index (χ3v) is 5.31. The van der Waals surface area contributed by atoms with E-state index < -0.39 is 0 Å². The Hall–Kier alpha value is -1.62. The first kappa shape index (κ1) is 17.2. The van der Waals surface area contributed by atoms with Gasteiger partial charge in [0, 0.05) is 37.8 Å². The van der Waals surface area contributed by atoms with E-state index >= 15 is 0 Å². The van der Waals surface area contributed by atoms with Crippen molar-refractivity contribution in [2.45, 2.75) is 51.1 Å². The normalized spacial score (nSPS) is 27.2. The number of benzene rings is 1. The summed E-state index contributed by atoms with van der Waals surface area (Å²) in [5, 5.41) is 6.75. The summed E-state index contributed by atoms with van der Waals surface area (Å²) in [6.45, 7) is 4.73. The third kappa shape index (κ3) is 4.69. The van der Waals surface area contributed by atoms with E-state index in [0.29, 0.717) is 18.0 Å². The van der Waals surface area contributed by atoms with Crippen LogP contribution in [0.15, 0.2) is 24.3 Å². The molecule has 2 fully saturated rings. The minimum atomic E-state index is -0.175. The highest BCUT2D eigenvalue weighted by Crippen LogP contribution is 2.24. The number of hydrogen-bond acceptors (Lipinski definition) is 3. The van der Waals surface area contributed by atoms with Crippen LogP contribution in [-0.2, 0) is 4.79 Å². The Labute approximate surface area is 143 Å². The van der Waals surface area contributed by atoms with Crippen LogP contribution in [0.4, 0.5) is 10.1 Å². The van der Waals surface area contributed by atoms with Crippen LogP contribution in [0.2, 0.25) is 0 Å². The minimum absolute atomic E-state index is 0.0817. The predicted molar refractivity (Wildman–Crippen MR) is 94.6 cm³/mol. The van der Waals surface area contributed by atoms with Gasteiger partial charge in [-0.15, -0.1) is 0 Å². The fraction of sp³-hybridized carbons (Fsp3) is 0.632. The van der Waals surface area contributed by atoms with Crippen molar-refractivity contribution in [1.29, 1.82) is 0 Å². The molecule has 1 atom stereocenters. The number of anilines is 1. The number of carbonyl (C=O) groups excluding carboxylic acids is 1. The Morgan fingerprint density at radius 2 is 1.79 bits per heavy atom. The Balaban J connectivity index is 1.38. The fourth-order valence-corrected chi connectivity index (χ4v) is 3.95. The van der Waals surface area contributed by atoms with Gasteiger partial charge in [-0.25, -0.2) is 4.39 Å². The Morgan fingerprint density at radius 3 is 2.46 bits per heavy atom. The number of carbonyl (C=O) groups is 1. The van der Waals surface area contributed by atoms with Crippen LogP contribution in [0.5, 0.6) is 0 Å². The number of nitrogens with one attached hydrogen (secondary N) is 2. The van der Waals surface area contributed by atoms with Gasteiger partial charge in [0.15, 0.2) is 0 Å². The molecule has 1 aromatic carbocycles. The molecule has 1 saturated carbocycles. The molecular weight excluding hydrogens is 305 g/mol. The van der Waals surface area contributed by atoms with E-state index in [1.165, 1.54) is 18.6 Å². The van der Waals surface area contributed by atoms with Crippen LogP contribution < -0.4 is 15.5 Å². The fourth-order valence-electron chi connectivity index (χ4n) is 3.95. The van der Waals surface area contributed by atoms with Crippen LogP contribution in [0.25, 0.3) is 0 Å². The third-order valence-electron chi connectivity index (χ3n) is 5.31. The lowest BCUT2D eigenvalue weighted by Crippen LogP contribution is -2.42. The summed E-state index contributed by atoms with van der Waals surface area (Å²) in [6.07, 6.45) is 5.61. The van der Waals surface area contributed by atoms with E-state index in [1.54, 1.807) is 6.92 Å². The highest BCUT2D eigenvalue weighted by molar-refractivity contribution is 5.73. The van der Waals surface area contributed by atoms with Crippen LogP contribution in [0.3, 0.4) is 0 Å². The van der Waals surface area contributed by atoms with Crippen molar-refractivity contribution < 1.29 is 9.18 Å². The molecule has 1 unspecified atom stereocenters. The Morgan fingerprint density at radius 1 is 1.12 bits per heavy atom. The average molecular weight is 333 g/mol. The van der Waals surface area contributed by atoms with Crippen LogP contribution in [0, 0.1) is 11.7 Å². The molecule has 1 saturated heterocycles. The van der Waals surface area contributed by atoms with Gasteiger partial charge in [-0.1, -0.05) is 0 Å². The first-order valence-electron chi connectivity index (χ1n) is 9.11. The summed E-state index contributed by atoms with van der Waals surface area (Å²) in [5.41, 5.74) is 1.12. The molecule has 1 aromatic rings. The molecule has 2 aliphatic rings. The summed E-state index contributed by atoms with van der Waals surface area (Å²) in [5.74, 6) is 0.562. The molecule has 0 spiro atoms. The molecule has 132 valence electrons. The lowest BCUT2D eigenvalue weighted by atomic mass is 9.91. The van der Waals surface area contributed by atoms with E-state index in [0.717, 1.165) is 51.0 Å². The van der Waals surface area contributed by atoms with Crippen LogP contribution in [0.1, 0.15) is 39.0 Å². The second-order valence-corrected chi connectivity index (χ2v) is 7.23. The highest BCUT2D eigenvalue weighted by Gasteiger charge is 2.25. The van der Waals surface area contributed by atoms with Crippen molar-refractivity contribution in [3.05, 3.63) is 30.1 Å². The van der Waals surface area contributed by atoms with Gasteiger partial charge >= 0.3 is 0 Å². The Bertz CT molecular complexity index is 540. The van der Waals surface area contributed by atoms with Gasteiger partial charge in [0.25, 0.3) is 0 Å². The monoisotopic (exact) mass is 333 g/mol. The topological polar surface area (TPSA) is 44.4 Å². The predicted octanol–water partition coefficient (Wildman–Crippen LogP) is 2.69. The zero-order valence-corrected chi connectivity index (χ0v) is 14.4. The molecule has 5 heteroatoms. The molecule has 1 aliphatic carbocycles. The van der Waals surface area contributed by atoms with Gasteiger partial charge in [0.2, 0.25) is 5.91 Å². The summed E-state index contributed by atoms with van der Waals surface area (Å²) >= 11 is 0. The lowest BCUT2D eigenvalue weighted by Gasteiger charge is -2.30. The number of rotatable bonds is 5. The number of hydrogen-bond donors (Lipinski definition) is 2. The second-order valence-electron chi connectivity index (χ2n) is 7.23.